The second-order valence-electron chi connectivity index (χ2n) is 41.8. The number of para-hydroxylation sites is 1. The summed E-state index contributed by atoms with van der Waals surface area (Å²) in [5, 5.41) is 22.6. The molecule has 0 unspecified atom stereocenters. The van der Waals surface area contributed by atoms with Crippen molar-refractivity contribution in [1.29, 1.82) is 0 Å². The Balaban J connectivity index is 0.000000105. The van der Waals surface area contributed by atoms with Gasteiger partial charge in [-0.25, -0.2) is 15.0 Å². The molecule has 0 saturated carbocycles. The molecule has 0 N–H and O–H groups in total. The van der Waals surface area contributed by atoms with Crippen LogP contribution in [0.3, 0.4) is 0 Å². The van der Waals surface area contributed by atoms with Gasteiger partial charge in [0.2, 0.25) is 17.7 Å². The Labute approximate surface area is 855 Å². The van der Waals surface area contributed by atoms with Gasteiger partial charge in [0.25, 0.3) is 0 Å². The molecule has 0 spiro atoms. The summed E-state index contributed by atoms with van der Waals surface area (Å²) >= 11 is 0. The van der Waals surface area contributed by atoms with Crippen molar-refractivity contribution in [2.75, 3.05) is 0 Å². The fourth-order valence-electron chi connectivity index (χ4n) is 24.5. The molecule has 148 heavy (non-hydrogen) atoms. The molecule has 28 aromatic rings. The minimum atomic E-state index is -0.0923. The predicted octanol–water partition coefficient (Wildman–Crippen LogP) is 38.3. The molecule has 0 aliphatic heterocycles. The van der Waals surface area contributed by atoms with Gasteiger partial charge in [-0.3, -0.25) is 4.98 Å². The van der Waals surface area contributed by atoms with Crippen LogP contribution in [0.2, 0.25) is 0 Å². The second-order valence-corrected chi connectivity index (χ2v) is 41.8. The van der Waals surface area contributed by atoms with Gasteiger partial charge in [-0.1, -0.05) is 375 Å². The molecule has 24 aromatic carbocycles. The van der Waals surface area contributed by atoms with Gasteiger partial charge in [0.1, 0.15) is 16.6 Å². The summed E-state index contributed by atoms with van der Waals surface area (Å²) in [4.78, 5) is 19.3. The van der Waals surface area contributed by atoms with Crippen LogP contribution >= 0.6 is 0 Å². The van der Waals surface area contributed by atoms with Gasteiger partial charge in [0, 0.05) is 55.1 Å². The lowest BCUT2D eigenvalue weighted by Gasteiger charge is -2.23. The Bertz CT molecular complexity index is 10500. The largest absolute Gasteiger partial charge is 0.435 e. The lowest BCUT2D eigenvalue weighted by molar-refractivity contribution is 0.622. The van der Waals surface area contributed by atoms with Crippen LogP contribution in [0.5, 0.6) is 0 Å². The summed E-state index contributed by atoms with van der Waals surface area (Å²) in [6.45, 7) is 14.2. The zero-order valence-corrected chi connectivity index (χ0v) is 82.4. The third-order valence-electron chi connectivity index (χ3n) is 32.2. The second kappa shape index (κ2) is 33.3. The molecule has 4 aromatic heterocycles. The molecule has 31 rings (SSSR count). The quantitative estimate of drug-likeness (QED) is 0.133. The maximum atomic E-state index is 6.59. The predicted molar refractivity (Wildman–Crippen MR) is 616 cm³/mol. The van der Waals surface area contributed by atoms with E-state index >= 15 is 0 Å². The van der Waals surface area contributed by atoms with Crippen molar-refractivity contribution < 1.29 is 13.3 Å². The van der Waals surface area contributed by atoms with Gasteiger partial charge in [-0.15, -0.1) is 0 Å². The van der Waals surface area contributed by atoms with Crippen LogP contribution in [0.1, 0.15) is 74.9 Å². The molecule has 4 heterocycles. The topological polar surface area (TPSA) is 91.0 Å². The number of oxazole rings is 3. The average molecular weight is 1890 g/mol. The molecule has 7 heteroatoms. The Morgan fingerprint density at radius 2 is 0.493 bits per heavy atom. The minimum Gasteiger partial charge on any atom is -0.435 e. The molecule has 0 atom stereocenters. The highest BCUT2D eigenvalue weighted by molar-refractivity contribution is 6.22. The summed E-state index contributed by atoms with van der Waals surface area (Å²) < 4.78 is 19.6. The van der Waals surface area contributed by atoms with Gasteiger partial charge in [0.15, 0.2) is 16.7 Å². The van der Waals surface area contributed by atoms with Gasteiger partial charge < -0.3 is 13.3 Å². The van der Waals surface area contributed by atoms with Crippen LogP contribution in [0, 0.1) is 0 Å². The Morgan fingerprint density at radius 1 is 0.176 bits per heavy atom. The van der Waals surface area contributed by atoms with E-state index in [1.54, 1.807) is 0 Å². The zero-order valence-electron chi connectivity index (χ0n) is 82.4. The number of rotatable bonds is 9. The van der Waals surface area contributed by atoms with E-state index in [0.717, 1.165) is 104 Å². The minimum absolute atomic E-state index is 0.0753. The maximum absolute atomic E-state index is 6.59. The summed E-state index contributed by atoms with van der Waals surface area (Å²) in [7, 11) is 0. The highest BCUT2D eigenvalue weighted by Gasteiger charge is 2.40. The summed E-state index contributed by atoms with van der Waals surface area (Å²) in [6.07, 6.45) is 1.85. The third kappa shape index (κ3) is 13.9. The molecule has 0 amide bonds. The fraction of sp³-hybridized carbons (Fsp3) is 0.0638. The van der Waals surface area contributed by atoms with E-state index in [9.17, 15) is 0 Å². The molecule has 3 aliphatic rings. The molecular weight excluding hydrogens is 1800 g/mol. The van der Waals surface area contributed by atoms with Gasteiger partial charge in [0.05, 0.1) is 11.1 Å². The SMILES string of the molecule is CC1(C)c2cc(-c3cccc(-c4ccc5ccc6ccc7nc(-c8ccccc8)oc7c6c5c4)c3)ccc2-c2c1ccc1ccccc21.CC1(C)c2cc(-c3cccc(-c4ccc5ccc6ccc7nc(-c8ccccc8)oc7c6c5c4)c3)ccc2-c2ccc3ccccc3c21.CC1(C)c2cc(-c3cccc(-c4ccc5ccc6ccc7nc(-c8cnc9ccccc9c8)oc7c6c5c4)c3)ccc2-c2cc3ccccc3cc21. The number of pyridine rings is 1. The first-order valence-corrected chi connectivity index (χ1v) is 51.1. The molecule has 0 bridgehead atoms. The lowest BCUT2D eigenvalue weighted by atomic mass is 9.79. The van der Waals surface area contributed by atoms with E-state index in [4.69, 9.17) is 28.2 Å². The number of aromatic nitrogens is 4. The molecule has 0 saturated heterocycles. The normalized spacial score (nSPS) is 13.4. The van der Waals surface area contributed by atoms with Crippen molar-refractivity contribution in [3.8, 4) is 135 Å². The van der Waals surface area contributed by atoms with E-state index in [-0.39, 0.29) is 16.2 Å². The number of benzene rings is 24. The van der Waals surface area contributed by atoms with Crippen molar-refractivity contribution >= 4 is 141 Å². The van der Waals surface area contributed by atoms with E-state index in [1.165, 1.54) is 187 Å². The van der Waals surface area contributed by atoms with Crippen LogP contribution < -0.4 is 0 Å². The van der Waals surface area contributed by atoms with E-state index < -0.39 is 0 Å². The molecular formula is C141H94N4O3. The first-order valence-electron chi connectivity index (χ1n) is 51.1. The molecule has 3 aliphatic carbocycles. The van der Waals surface area contributed by atoms with Crippen molar-refractivity contribution in [3.05, 3.63) is 495 Å². The summed E-state index contributed by atoms with van der Waals surface area (Å²) in [5.41, 5.74) is 39.5. The molecule has 0 radical (unpaired) electrons. The number of fused-ring (bicyclic) bond motifs is 30. The van der Waals surface area contributed by atoms with Gasteiger partial charge in [-0.05, 0) is 336 Å². The fourth-order valence-corrected chi connectivity index (χ4v) is 24.5. The smallest absolute Gasteiger partial charge is 0.228 e. The number of hydrogen-bond donors (Lipinski definition) is 0. The standard InChI is InChI=1S/C49H32N2O.2C46H31NO/c1-49(2)42-27-36(18-20-39(42)41-25-33-8-3-4-9-34(33)26-43(41)49)32-12-7-11-31(22-32)35-17-15-29-14-16-30-19-21-45-47(46(30)40(29)24-35)52-48(51-45)38-23-37-10-5-6-13-44(37)50-28-38;1-46(2)40-27-35(20-22-37(40)38-23-19-28-9-6-7-14-36(28)43(38)46)33-13-8-12-32(25-33)34-18-16-29-15-17-30-21-24-41-44(42(30)39(29)26-34)48-45(47-41)31-10-4-3-5-11-31;1-46(2)39-23-20-28-9-6-7-14-36(28)43(39)37-22-19-35(27-40(37)46)33-13-8-12-32(25-33)34-18-16-29-15-17-30-21-24-41-44(42(30)38(29)26-34)48-45(47-41)31-10-4-3-5-11-31/h3-28H,1-2H3;2*3-27H,1-2H3. The van der Waals surface area contributed by atoms with Crippen LogP contribution in [0.15, 0.2) is 474 Å². The zero-order chi connectivity index (χ0) is 98.5. The van der Waals surface area contributed by atoms with E-state index in [1.807, 2.05) is 85.1 Å². The van der Waals surface area contributed by atoms with Crippen LogP contribution in [-0.4, -0.2) is 19.9 Å². The van der Waals surface area contributed by atoms with Crippen molar-refractivity contribution in [2.24, 2.45) is 0 Å². The molecule has 0 fully saturated rings. The first-order chi connectivity index (χ1) is 72.5. The van der Waals surface area contributed by atoms with Crippen molar-refractivity contribution in [3.63, 3.8) is 0 Å². The Hall–Kier alpha value is -18.6. The summed E-state index contributed by atoms with van der Waals surface area (Å²) in [6, 6.07) is 165. The summed E-state index contributed by atoms with van der Waals surface area (Å²) in [5.74, 6) is 1.87. The monoisotopic (exact) mass is 1890 g/mol. The maximum Gasteiger partial charge on any atom is 0.228 e. The Kier molecular flexibility index (Phi) is 19.4. The van der Waals surface area contributed by atoms with Crippen LogP contribution in [-0.2, 0) is 16.2 Å². The van der Waals surface area contributed by atoms with E-state index in [0.29, 0.717) is 17.7 Å². The third-order valence-corrected chi connectivity index (χ3v) is 32.2. The highest BCUT2D eigenvalue weighted by Crippen LogP contribution is 2.57. The van der Waals surface area contributed by atoms with Crippen LogP contribution in [0.4, 0.5) is 0 Å². The van der Waals surface area contributed by atoms with Crippen molar-refractivity contribution in [2.45, 2.75) is 57.8 Å². The van der Waals surface area contributed by atoms with E-state index in [2.05, 4.69) is 423 Å². The highest BCUT2D eigenvalue weighted by atomic mass is 16.4. The number of hydrogen-bond acceptors (Lipinski definition) is 7. The molecule has 696 valence electrons. The van der Waals surface area contributed by atoms with Crippen LogP contribution in [0.25, 0.3) is 276 Å². The van der Waals surface area contributed by atoms with Crippen molar-refractivity contribution in [1.82, 2.24) is 19.9 Å². The number of nitrogens with zero attached hydrogens (tertiary/aromatic N) is 4. The van der Waals surface area contributed by atoms with Gasteiger partial charge >= 0.3 is 0 Å². The Morgan fingerprint density at radius 3 is 0.986 bits per heavy atom. The van der Waals surface area contributed by atoms with Gasteiger partial charge in [-0.2, -0.15) is 0 Å². The average Bonchev–Trinajstić information content (AvgIpc) is 1.56. The molecule has 7 nitrogen and oxygen atoms in total. The lowest BCUT2D eigenvalue weighted by Crippen LogP contribution is -2.15. The first kappa shape index (κ1) is 86.1.